The molecule has 1 saturated heterocycles. The number of hydrogen-bond acceptors (Lipinski definition) is 2. The summed E-state index contributed by atoms with van der Waals surface area (Å²) in [5, 5.41) is 9.08. The molecule has 102 valence electrons. The van der Waals surface area contributed by atoms with Crippen LogP contribution in [0, 0.1) is 12.8 Å². The zero-order chi connectivity index (χ0) is 13.3. The SMILES string of the molecule is CCn1nc(C)c(Cl)c1CC1(C(C)C)CCCN1. The van der Waals surface area contributed by atoms with Crippen molar-refractivity contribution >= 4 is 11.6 Å². The Bertz CT molecular complexity index is 417. The van der Waals surface area contributed by atoms with Gasteiger partial charge in [-0.15, -0.1) is 0 Å². The normalized spacial score (nSPS) is 24.1. The first-order valence-electron chi connectivity index (χ1n) is 6.97. The van der Waals surface area contributed by atoms with Gasteiger partial charge in [-0.2, -0.15) is 5.10 Å². The molecule has 0 aromatic carbocycles. The van der Waals surface area contributed by atoms with Crippen molar-refractivity contribution < 1.29 is 0 Å². The Morgan fingerprint density at radius 1 is 1.50 bits per heavy atom. The van der Waals surface area contributed by atoms with Crippen molar-refractivity contribution in [2.75, 3.05) is 6.54 Å². The minimum Gasteiger partial charge on any atom is -0.311 e. The standard InChI is InChI=1S/C14H24ClN3/c1-5-18-12(13(15)11(4)17-18)9-14(10(2)3)7-6-8-16-14/h10,16H,5-9H2,1-4H3. The molecule has 1 unspecified atom stereocenters. The number of nitrogens with one attached hydrogen (secondary N) is 1. The van der Waals surface area contributed by atoms with Crippen molar-refractivity contribution in [1.29, 1.82) is 0 Å². The average Bonchev–Trinajstić information content (AvgIpc) is 2.90. The Morgan fingerprint density at radius 2 is 2.22 bits per heavy atom. The molecule has 2 rings (SSSR count). The van der Waals surface area contributed by atoms with Crippen LogP contribution in [-0.2, 0) is 13.0 Å². The quantitative estimate of drug-likeness (QED) is 0.910. The molecule has 0 amide bonds. The van der Waals surface area contributed by atoms with Crippen molar-refractivity contribution in [3.63, 3.8) is 0 Å². The summed E-state index contributed by atoms with van der Waals surface area (Å²) < 4.78 is 2.06. The summed E-state index contributed by atoms with van der Waals surface area (Å²) in [6, 6.07) is 0. The molecular formula is C14H24ClN3. The molecule has 1 aliphatic heterocycles. The molecule has 1 aromatic rings. The van der Waals surface area contributed by atoms with Crippen LogP contribution >= 0.6 is 11.6 Å². The minimum atomic E-state index is 0.197. The Balaban J connectivity index is 2.32. The van der Waals surface area contributed by atoms with E-state index in [1.54, 1.807) is 0 Å². The predicted molar refractivity (Wildman–Crippen MR) is 76.2 cm³/mol. The van der Waals surface area contributed by atoms with Crippen LogP contribution in [-0.4, -0.2) is 21.9 Å². The van der Waals surface area contributed by atoms with Gasteiger partial charge in [-0.1, -0.05) is 25.4 Å². The fraction of sp³-hybridized carbons (Fsp3) is 0.786. The van der Waals surface area contributed by atoms with Gasteiger partial charge in [-0.3, -0.25) is 4.68 Å². The molecular weight excluding hydrogens is 246 g/mol. The summed E-state index contributed by atoms with van der Waals surface area (Å²) >= 11 is 6.43. The molecule has 2 heterocycles. The summed E-state index contributed by atoms with van der Waals surface area (Å²) in [4.78, 5) is 0. The smallest absolute Gasteiger partial charge is 0.0847 e. The monoisotopic (exact) mass is 269 g/mol. The molecule has 4 heteroatoms. The Kier molecular flexibility index (Phi) is 4.02. The van der Waals surface area contributed by atoms with Crippen LogP contribution in [0.3, 0.4) is 0 Å². The fourth-order valence-corrected chi connectivity index (χ4v) is 3.22. The number of hydrogen-bond donors (Lipinski definition) is 1. The van der Waals surface area contributed by atoms with E-state index in [9.17, 15) is 0 Å². The number of rotatable bonds is 4. The molecule has 1 fully saturated rings. The summed E-state index contributed by atoms with van der Waals surface area (Å²) in [5.74, 6) is 0.608. The molecule has 0 aliphatic carbocycles. The second kappa shape index (κ2) is 5.22. The van der Waals surface area contributed by atoms with Gasteiger partial charge < -0.3 is 5.32 Å². The first-order valence-corrected chi connectivity index (χ1v) is 7.35. The summed E-state index contributed by atoms with van der Waals surface area (Å²) in [6.45, 7) is 10.7. The second-order valence-corrected chi connectivity index (χ2v) is 6.06. The molecule has 3 nitrogen and oxygen atoms in total. The van der Waals surface area contributed by atoms with Crippen molar-refractivity contribution in [2.24, 2.45) is 5.92 Å². The van der Waals surface area contributed by atoms with E-state index >= 15 is 0 Å². The first-order chi connectivity index (χ1) is 8.50. The number of aryl methyl sites for hydroxylation is 2. The molecule has 1 atom stereocenters. The Morgan fingerprint density at radius 3 is 2.72 bits per heavy atom. The van der Waals surface area contributed by atoms with Crippen LogP contribution in [0.1, 0.15) is 45.0 Å². The van der Waals surface area contributed by atoms with E-state index in [0.717, 1.165) is 30.2 Å². The van der Waals surface area contributed by atoms with Crippen LogP contribution in [0.25, 0.3) is 0 Å². The average molecular weight is 270 g/mol. The highest BCUT2D eigenvalue weighted by atomic mass is 35.5. The van der Waals surface area contributed by atoms with Crippen LogP contribution in [0.4, 0.5) is 0 Å². The van der Waals surface area contributed by atoms with Crippen LogP contribution in [0.5, 0.6) is 0 Å². The highest BCUT2D eigenvalue weighted by molar-refractivity contribution is 6.31. The Hall–Kier alpha value is -0.540. The molecule has 1 aromatic heterocycles. The van der Waals surface area contributed by atoms with Gasteiger partial charge in [-0.05, 0) is 39.2 Å². The van der Waals surface area contributed by atoms with Gasteiger partial charge in [0.05, 0.1) is 16.4 Å². The third-order valence-corrected chi connectivity index (χ3v) is 4.81. The lowest BCUT2D eigenvalue weighted by Crippen LogP contribution is -2.47. The zero-order valence-electron chi connectivity index (χ0n) is 11.9. The lowest BCUT2D eigenvalue weighted by Gasteiger charge is -2.34. The number of aromatic nitrogens is 2. The number of halogens is 1. The van der Waals surface area contributed by atoms with Gasteiger partial charge >= 0.3 is 0 Å². The van der Waals surface area contributed by atoms with Crippen LogP contribution < -0.4 is 5.32 Å². The van der Waals surface area contributed by atoms with Gasteiger partial charge in [0.25, 0.3) is 0 Å². The topological polar surface area (TPSA) is 29.9 Å². The van der Waals surface area contributed by atoms with Gasteiger partial charge in [0.15, 0.2) is 0 Å². The van der Waals surface area contributed by atoms with Gasteiger partial charge in [0, 0.05) is 18.5 Å². The lowest BCUT2D eigenvalue weighted by atomic mass is 9.81. The highest BCUT2D eigenvalue weighted by Crippen LogP contribution is 2.34. The van der Waals surface area contributed by atoms with Crippen molar-refractivity contribution in [3.8, 4) is 0 Å². The van der Waals surface area contributed by atoms with Gasteiger partial charge in [0.1, 0.15) is 0 Å². The van der Waals surface area contributed by atoms with E-state index in [1.165, 1.54) is 18.5 Å². The molecule has 0 spiro atoms. The summed E-state index contributed by atoms with van der Waals surface area (Å²) in [5.41, 5.74) is 2.34. The molecule has 1 aliphatic rings. The molecule has 0 radical (unpaired) electrons. The van der Waals surface area contributed by atoms with Crippen molar-refractivity contribution in [1.82, 2.24) is 15.1 Å². The molecule has 0 bridgehead atoms. The second-order valence-electron chi connectivity index (χ2n) is 5.68. The van der Waals surface area contributed by atoms with E-state index in [-0.39, 0.29) is 5.54 Å². The third kappa shape index (κ3) is 2.30. The summed E-state index contributed by atoms with van der Waals surface area (Å²) in [7, 11) is 0. The maximum Gasteiger partial charge on any atom is 0.0847 e. The maximum atomic E-state index is 6.43. The van der Waals surface area contributed by atoms with E-state index in [0.29, 0.717) is 5.92 Å². The van der Waals surface area contributed by atoms with Crippen molar-refractivity contribution in [2.45, 2.75) is 59.0 Å². The van der Waals surface area contributed by atoms with Crippen molar-refractivity contribution in [3.05, 3.63) is 16.4 Å². The molecule has 0 saturated carbocycles. The number of nitrogens with zero attached hydrogens (tertiary/aromatic N) is 2. The van der Waals surface area contributed by atoms with E-state index in [2.05, 4.69) is 35.9 Å². The summed E-state index contributed by atoms with van der Waals surface area (Å²) in [6.07, 6.45) is 3.47. The van der Waals surface area contributed by atoms with Crippen LogP contribution in [0.15, 0.2) is 0 Å². The largest absolute Gasteiger partial charge is 0.311 e. The van der Waals surface area contributed by atoms with E-state index < -0.39 is 0 Å². The lowest BCUT2D eigenvalue weighted by molar-refractivity contribution is 0.263. The molecule has 1 N–H and O–H groups in total. The maximum absolute atomic E-state index is 6.43. The third-order valence-electron chi connectivity index (χ3n) is 4.32. The first kappa shape index (κ1) is 13.9. The fourth-order valence-electron chi connectivity index (χ4n) is 3.01. The minimum absolute atomic E-state index is 0.197. The zero-order valence-corrected chi connectivity index (χ0v) is 12.6. The van der Waals surface area contributed by atoms with Gasteiger partial charge in [0.2, 0.25) is 0 Å². The Labute approximate surface area is 115 Å². The van der Waals surface area contributed by atoms with E-state index in [1.807, 2.05) is 6.92 Å². The van der Waals surface area contributed by atoms with Crippen LogP contribution in [0.2, 0.25) is 5.02 Å². The highest BCUT2D eigenvalue weighted by Gasteiger charge is 2.38. The van der Waals surface area contributed by atoms with E-state index in [4.69, 9.17) is 11.6 Å². The molecule has 18 heavy (non-hydrogen) atoms. The van der Waals surface area contributed by atoms with Gasteiger partial charge in [-0.25, -0.2) is 0 Å². The predicted octanol–water partition coefficient (Wildman–Crippen LogP) is 3.19.